The van der Waals surface area contributed by atoms with Crippen molar-refractivity contribution >= 4 is 29.3 Å². The molecule has 0 radical (unpaired) electrons. The lowest BCUT2D eigenvalue weighted by atomic mass is 10.2. The lowest BCUT2D eigenvalue weighted by molar-refractivity contribution is -0.113. The van der Waals surface area contributed by atoms with Crippen LogP contribution in [0.4, 0.5) is 10.1 Å². The number of hydrogen-bond donors (Lipinski definition) is 2. The number of rotatable bonds is 5. The molecule has 6 heteroatoms. The largest absolute Gasteiger partial charge is 0.478 e. The standard InChI is InChI=1S/C15H12FNO3S/c16-11-4-6-12(7-5-11)17-14(18)9-21-13-3-1-2-10(8-13)15(19)20/h1-8H,9H2,(H,17,18)(H,19,20). The van der Waals surface area contributed by atoms with Crippen molar-refractivity contribution in [1.82, 2.24) is 0 Å². The molecule has 2 aromatic rings. The summed E-state index contributed by atoms with van der Waals surface area (Å²) in [5.74, 6) is -1.48. The van der Waals surface area contributed by atoms with Crippen molar-refractivity contribution < 1.29 is 19.1 Å². The summed E-state index contributed by atoms with van der Waals surface area (Å²) in [7, 11) is 0. The Morgan fingerprint density at radius 2 is 1.86 bits per heavy atom. The van der Waals surface area contributed by atoms with Gasteiger partial charge in [0.1, 0.15) is 5.82 Å². The van der Waals surface area contributed by atoms with Crippen LogP contribution in [0.15, 0.2) is 53.4 Å². The fourth-order valence-electron chi connectivity index (χ4n) is 1.60. The summed E-state index contributed by atoms with van der Waals surface area (Å²) >= 11 is 1.23. The van der Waals surface area contributed by atoms with Gasteiger partial charge in [-0.2, -0.15) is 0 Å². The fourth-order valence-corrected chi connectivity index (χ4v) is 2.35. The van der Waals surface area contributed by atoms with Crippen molar-refractivity contribution in [1.29, 1.82) is 0 Å². The predicted molar refractivity (Wildman–Crippen MR) is 79.2 cm³/mol. The van der Waals surface area contributed by atoms with Crippen molar-refractivity contribution in [2.75, 3.05) is 11.1 Å². The highest BCUT2D eigenvalue weighted by atomic mass is 32.2. The van der Waals surface area contributed by atoms with E-state index in [0.717, 1.165) is 0 Å². The molecule has 2 aromatic carbocycles. The number of carboxylic acid groups (broad SMARTS) is 1. The number of thioether (sulfide) groups is 1. The number of carbonyl (C=O) groups excluding carboxylic acids is 1. The predicted octanol–water partition coefficient (Wildman–Crippen LogP) is 3.25. The van der Waals surface area contributed by atoms with Gasteiger partial charge in [0.15, 0.2) is 0 Å². The van der Waals surface area contributed by atoms with E-state index in [-0.39, 0.29) is 23.0 Å². The first-order chi connectivity index (χ1) is 10.0. The van der Waals surface area contributed by atoms with E-state index in [1.807, 2.05) is 0 Å². The molecule has 2 N–H and O–H groups in total. The number of anilines is 1. The highest BCUT2D eigenvalue weighted by molar-refractivity contribution is 8.00. The highest BCUT2D eigenvalue weighted by Crippen LogP contribution is 2.19. The average Bonchev–Trinajstić information content (AvgIpc) is 2.48. The molecular formula is C15H12FNO3S. The Bertz CT molecular complexity index is 658. The number of carbonyl (C=O) groups is 2. The maximum atomic E-state index is 12.7. The van der Waals surface area contributed by atoms with Crippen LogP contribution >= 0.6 is 11.8 Å². The van der Waals surface area contributed by atoms with Gasteiger partial charge in [-0.05, 0) is 42.5 Å². The van der Waals surface area contributed by atoms with Crippen molar-refractivity contribution in [3.63, 3.8) is 0 Å². The molecule has 4 nitrogen and oxygen atoms in total. The lowest BCUT2D eigenvalue weighted by Crippen LogP contribution is -2.13. The van der Waals surface area contributed by atoms with E-state index < -0.39 is 5.97 Å². The van der Waals surface area contributed by atoms with Gasteiger partial charge in [0.2, 0.25) is 5.91 Å². The Hall–Kier alpha value is -2.34. The van der Waals surface area contributed by atoms with Crippen LogP contribution in [0.2, 0.25) is 0 Å². The van der Waals surface area contributed by atoms with Crippen molar-refractivity contribution in [2.24, 2.45) is 0 Å². The number of hydrogen-bond acceptors (Lipinski definition) is 3. The molecule has 0 spiro atoms. The van der Waals surface area contributed by atoms with E-state index in [4.69, 9.17) is 5.11 Å². The third-order valence-corrected chi connectivity index (χ3v) is 3.57. The normalized spacial score (nSPS) is 10.1. The zero-order chi connectivity index (χ0) is 15.2. The Kier molecular flexibility index (Phi) is 4.94. The first-order valence-electron chi connectivity index (χ1n) is 6.06. The summed E-state index contributed by atoms with van der Waals surface area (Å²) in [5, 5.41) is 11.5. The molecule has 2 rings (SSSR count). The first kappa shape index (κ1) is 15.1. The van der Waals surface area contributed by atoms with E-state index in [1.54, 1.807) is 12.1 Å². The average molecular weight is 305 g/mol. The summed E-state index contributed by atoms with van der Waals surface area (Å²) in [4.78, 5) is 23.3. The van der Waals surface area contributed by atoms with Gasteiger partial charge in [-0.25, -0.2) is 9.18 Å². The SMILES string of the molecule is O=C(CSc1cccc(C(=O)O)c1)Nc1ccc(F)cc1. The molecule has 0 unspecified atom stereocenters. The number of benzene rings is 2. The van der Waals surface area contributed by atoms with Gasteiger partial charge >= 0.3 is 5.97 Å². The highest BCUT2D eigenvalue weighted by Gasteiger charge is 2.07. The molecular weight excluding hydrogens is 293 g/mol. The summed E-state index contributed by atoms with van der Waals surface area (Å²) in [6.07, 6.45) is 0. The molecule has 21 heavy (non-hydrogen) atoms. The molecule has 108 valence electrons. The molecule has 0 aromatic heterocycles. The quantitative estimate of drug-likeness (QED) is 0.832. The van der Waals surface area contributed by atoms with Gasteiger partial charge in [-0.15, -0.1) is 11.8 Å². The van der Waals surface area contributed by atoms with Crippen LogP contribution in [0.3, 0.4) is 0 Å². The Morgan fingerprint density at radius 3 is 2.52 bits per heavy atom. The summed E-state index contributed by atoms with van der Waals surface area (Å²) in [5.41, 5.74) is 0.695. The van der Waals surface area contributed by atoms with Crippen LogP contribution in [0, 0.1) is 5.82 Å². The van der Waals surface area contributed by atoms with Crippen LogP contribution in [-0.4, -0.2) is 22.7 Å². The minimum atomic E-state index is -1.01. The second kappa shape index (κ2) is 6.90. The van der Waals surface area contributed by atoms with Crippen LogP contribution in [-0.2, 0) is 4.79 Å². The van der Waals surface area contributed by atoms with Gasteiger partial charge in [0.05, 0.1) is 11.3 Å². The Morgan fingerprint density at radius 1 is 1.14 bits per heavy atom. The monoisotopic (exact) mass is 305 g/mol. The molecule has 0 saturated carbocycles. The number of halogens is 1. The molecule has 0 aliphatic carbocycles. The number of carboxylic acids is 1. The Balaban J connectivity index is 1.90. The van der Waals surface area contributed by atoms with Gasteiger partial charge in [0.25, 0.3) is 0 Å². The molecule has 0 saturated heterocycles. The number of amides is 1. The van der Waals surface area contributed by atoms with Crippen LogP contribution in [0.25, 0.3) is 0 Å². The maximum Gasteiger partial charge on any atom is 0.335 e. The van der Waals surface area contributed by atoms with E-state index in [0.29, 0.717) is 10.6 Å². The van der Waals surface area contributed by atoms with Gasteiger partial charge in [-0.3, -0.25) is 4.79 Å². The van der Waals surface area contributed by atoms with Gasteiger partial charge < -0.3 is 10.4 Å². The van der Waals surface area contributed by atoms with E-state index in [1.165, 1.54) is 48.2 Å². The molecule has 0 atom stereocenters. The molecule has 0 fully saturated rings. The van der Waals surface area contributed by atoms with Crippen molar-refractivity contribution in [3.05, 3.63) is 59.9 Å². The van der Waals surface area contributed by atoms with Gasteiger partial charge in [0, 0.05) is 10.6 Å². The topological polar surface area (TPSA) is 66.4 Å². The van der Waals surface area contributed by atoms with E-state index >= 15 is 0 Å². The molecule has 0 aliphatic heterocycles. The smallest absolute Gasteiger partial charge is 0.335 e. The van der Waals surface area contributed by atoms with E-state index in [2.05, 4.69) is 5.32 Å². The van der Waals surface area contributed by atoms with E-state index in [9.17, 15) is 14.0 Å². The zero-order valence-electron chi connectivity index (χ0n) is 10.9. The van der Waals surface area contributed by atoms with Crippen LogP contribution in [0.1, 0.15) is 10.4 Å². The summed E-state index contributed by atoms with van der Waals surface area (Å²) in [6.45, 7) is 0. The Labute approximate surface area is 125 Å². The maximum absolute atomic E-state index is 12.7. The minimum Gasteiger partial charge on any atom is -0.478 e. The third-order valence-electron chi connectivity index (χ3n) is 2.58. The lowest BCUT2D eigenvalue weighted by Gasteiger charge is -2.05. The van der Waals surface area contributed by atoms with Crippen molar-refractivity contribution in [3.8, 4) is 0 Å². The fraction of sp³-hybridized carbons (Fsp3) is 0.0667. The van der Waals surface area contributed by atoms with Crippen LogP contribution < -0.4 is 5.32 Å². The summed E-state index contributed by atoms with van der Waals surface area (Å²) in [6, 6.07) is 11.8. The molecule has 0 bridgehead atoms. The first-order valence-corrected chi connectivity index (χ1v) is 7.05. The summed E-state index contributed by atoms with van der Waals surface area (Å²) < 4.78 is 12.7. The minimum absolute atomic E-state index is 0.139. The molecule has 0 aliphatic rings. The molecule has 0 heterocycles. The zero-order valence-corrected chi connectivity index (χ0v) is 11.7. The second-order valence-corrected chi connectivity index (χ2v) is 5.23. The second-order valence-electron chi connectivity index (χ2n) is 4.18. The number of aromatic carboxylic acids is 1. The van der Waals surface area contributed by atoms with Crippen LogP contribution in [0.5, 0.6) is 0 Å². The van der Waals surface area contributed by atoms with Gasteiger partial charge in [-0.1, -0.05) is 6.07 Å². The third kappa shape index (κ3) is 4.61. The van der Waals surface area contributed by atoms with Crippen molar-refractivity contribution in [2.45, 2.75) is 4.90 Å². The molecule has 1 amide bonds. The number of nitrogens with one attached hydrogen (secondary N) is 1.